The molecule has 5 heteroatoms. The van der Waals surface area contributed by atoms with E-state index < -0.39 is 6.04 Å². The average Bonchev–Trinajstić information content (AvgIpc) is 2.98. The molecule has 0 bridgehead atoms. The molecule has 1 aromatic heterocycles. The molecule has 0 fully saturated rings. The van der Waals surface area contributed by atoms with Gasteiger partial charge in [-0.15, -0.1) is 0 Å². The monoisotopic (exact) mass is 515 g/mol. The topological polar surface area (TPSA) is 55.2 Å². The van der Waals surface area contributed by atoms with Gasteiger partial charge in [-0.2, -0.15) is 0 Å². The van der Waals surface area contributed by atoms with Crippen LogP contribution < -0.4 is 5.56 Å². The molecule has 0 N–H and O–H groups in total. The molecular weight excluding hydrogens is 482 g/mol. The highest BCUT2D eigenvalue weighted by atomic mass is 16.2. The smallest absolute Gasteiger partial charge is 0.266 e. The zero-order valence-corrected chi connectivity index (χ0v) is 22.7. The van der Waals surface area contributed by atoms with Crippen LogP contribution in [0.4, 0.5) is 0 Å². The van der Waals surface area contributed by atoms with Crippen LogP contribution in [0.3, 0.4) is 0 Å². The van der Waals surface area contributed by atoms with Crippen molar-refractivity contribution in [2.24, 2.45) is 0 Å². The summed E-state index contributed by atoms with van der Waals surface area (Å²) in [5.41, 5.74) is 4.99. The Kier molecular flexibility index (Phi) is 7.69. The highest BCUT2D eigenvalue weighted by Crippen LogP contribution is 2.30. The second-order valence-electron chi connectivity index (χ2n) is 9.81. The molecule has 5 rings (SSSR count). The first-order valence-electron chi connectivity index (χ1n) is 13.5. The van der Waals surface area contributed by atoms with Crippen molar-refractivity contribution in [3.63, 3.8) is 0 Å². The maximum Gasteiger partial charge on any atom is 0.266 e. The molecule has 0 saturated carbocycles. The van der Waals surface area contributed by atoms with Crippen molar-refractivity contribution in [2.75, 3.05) is 0 Å². The number of fused-ring (bicyclic) bond motifs is 1. The Balaban J connectivity index is 1.74. The molecule has 4 aromatic carbocycles. The van der Waals surface area contributed by atoms with Gasteiger partial charge in [0, 0.05) is 12.1 Å². The fourth-order valence-corrected chi connectivity index (χ4v) is 5.12. The van der Waals surface area contributed by atoms with Gasteiger partial charge < -0.3 is 4.90 Å². The molecule has 0 spiro atoms. The summed E-state index contributed by atoms with van der Waals surface area (Å²) < 4.78 is 1.69. The van der Waals surface area contributed by atoms with E-state index in [-0.39, 0.29) is 11.5 Å². The van der Waals surface area contributed by atoms with Gasteiger partial charge >= 0.3 is 0 Å². The van der Waals surface area contributed by atoms with Gasteiger partial charge in [-0.25, -0.2) is 4.98 Å². The second kappa shape index (κ2) is 11.5. The van der Waals surface area contributed by atoms with Crippen LogP contribution in [-0.4, -0.2) is 20.4 Å². The van der Waals surface area contributed by atoms with Crippen molar-refractivity contribution in [3.05, 3.63) is 142 Å². The molecule has 5 nitrogen and oxygen atoms in total. The third-order valence-corrected chi connectivity index (χ3v) is 7.30. The summed E-state index contributed by atoms with van der Waals surface area (Å²) in [6.07, 6.45) is 1.49. The summed E-state index contributed by atoms with van der Waals surface area (Å²) in [6.45, 7) is 6.49. The molecular formula is C34H33N3O2. The zero-order chi connectivity index (χ0) is 27.4. The molecule has 1 unspecified atom stereocenters. The minimum atomic E-state index is -0.444. The van der Waals surface area contributed by atoms with Gasteiger partial charge in [0.2, 0.25) is 0 Å². The summed E-state index contributed by atoms with van der Waals surface area (Å²) in [5, 5.41) is 0.551. The number of hydrogen-bond donors (Lipinski definition) is 0. The minimum Gasteiger partial charge on any atom is -0.324 e. The molecule has 1 atom stereocenters. The van der Waals surface area contributed by atoms with Crippen LogP contribution in [0.15, 0.2) is 108 Å². The summed E-state index contributed by atoms with van der Waals surface area (Å²) in [6, 6.07) is 32.6. The van der Waals surface area contributed by atoms with Crippen molar-refractivity contribution in [1.82, 2.24) is 14.5 Å². The summed E-state index contributed by atoms with van der Waals surface area (Å²) in [7, 11) is 0. The maximum atomic E-state index is 14.2. The standard InChI is InChI=1S/C34H33N3O2/c1-4-25-19-21-27(22-20-25)37-32(35-30-18-12-11-17-29(30)34(37)39)31(5-2)36(23-26-14-7-6-8-15-26)33(38)28-16-10-9-13-24(28)3/h6-22,31H,4-5,23H2,1-3H3. The van der Waals surface area contributed by atoms with E-state index in [4.69, 9.17) is 4.98 Å². The van der Waals surface area contributed by atoms with E-state index in [0.717, 1.165) is 23.2 Å². The van der Waals surface area contributed by atoms with E-state index in [2.05, 4.69) is 6.92 Å². The summed E-state index contributed by atoms with van der Waals surface area (Å²) in [5.74, 6) is 0.474. The number of nitrogens with zero attached hydrogens (tertiary/aromatic N) is 3. The number of carbonyl (C=O) groups is 1. The lowest BCUT2D eigenvalue weighted by Gasteiger charge is -2.33. The molecule has 0 aliphatic heterocycles. The van der Waals surface area contributed by atoms with Crippen molar-refractivity contribution < 1.29 is 4.79 Å². The molecule has 39 heavy (non-hydrogen) atoms. The number of amides is 1. The Hall–Kier alpha value is -4.51. The molecule has 0 saturated heterocycles. The number of hydrogen-bond acceptors (Lipinski definition) is 3. The van der Waals surface area contributed by atoms with Gasteiger partial charge in [-0.3, -0.25) is 14.2 Å². The lowest BCUT2D eigenvalue weighted by atomic mass is 10.0. The Morgan fingerprint density at radius 3 is 2.18 bits per heavy atom. The number of para-hydroxylation sites is 1. The highest BCUT2D eigenvalue weighted by Gasteiger charge is 2.30. The van der Waals surface area contributed by atoms with Gasteiger partial charge in [-0.05, 0) is 66.8 Å². The number of aryl methyl sites for hydroxylation is 2. The van der Waals surface area contributed by atoms with Gasteiger partial charge in [0.05, 0.1) is 22.6 Å². The first-order chi connectivity index (χ1) is 19.0. The number of carbonyl (C=O) groups excluding carboxylic acids is 1. The highest BCUT2D eigenvalue weighted by molar-refractivity contribution is 5.96. The number of aromatic nitrogens is 2. The summed E-state index contributed by atoms with van der Waals surface area (Å²) in [4.78, 5) is 35.2. The first-order valence-corrected chi connectivity index (χ1v) is 13.5. The molecule has 1 amide bonds. The van der Waals surface area contributed by atoms with E-state index in [9.17, 15) is 9.59 Å². The average molecular weight is 516 g/mol. The van der Waals surface area contributed by atoms with Gasteiger partial charge in [0.25, 0.3) is 11.5 Å². The maximum absolute atomic E-state index is 14.2. The lowest BCUT2D eigenvalue weighted by Crippen LogP contribution is -2.38. The third-order valence-electron chi connectivity index (χ3n) is 7.30. The van der Waals surface area contributed by atoms with Crippen LogP contribution in [0.5, 0.6) is 0 Å². The SMILES string of the molecule is CCc1ccc(-n2c(C(CC)N(Cc3ccccc3)C(=O)c3ccccc3C)nc3ccccc3c2=O)cc1. The Bertz CT molecular complexity index is 1660. The summed E-state index contributed by atoms with van der Waals surface area (Å²) >= 11 is 0. The van der Waals surface area contributed by atoms with Crippen LogP contribution in [-0.2, 0) is 13.0 Å². The third kappa shape index (κ3) is 5.26. The van der Waals surface area contributed by atoms with Gasteiger partial charge in [0.15, 0.2) is 0 Å². The van der Waals surface area contributed by atoms with E-state index in [1.165, 1.54) is 5.56 Å². The Morgan fingerprint density at radius 2 is 1.49 bits per heavy atom. The Labute approximate surface area is 229 Å². The van der Waals surface area contributed by atoms with E-state index >= 15 is 0 Å². The molecule has 0 radical (unpaired) electrons. The van der Waals surface area contributed by atoms with Gasteiger partial charge in [0.1, 0.15) is 5.82 Å². The largest absolute Gasteiger partial charge is 0.324 e. The van der Waals surface area contributed by atoms with Crippen LogP contribution in [0.25, 0.3) is 16.6 Å². The fraction of sp³-hybridized carbons (Fsp3) is 0.206. The van der Waals surface area contributed by atoms with Crippen LogP contribution in [0.1, 0.15) is 59.2 Å². The van der Waals surface area contributed by atoms with Crippen LogP contribution >= 0.6 is 0 Å². The normalized spacial score (nSPS) is 11.9. The predicted molar refractivity (Wildman–Crippen MR) is 157 cm³/mol. The zero-order valence-electron chi connectivity index (χ0n) is 22.7. The Morgan fingerprint density at radius 1 is 0.821 bits per heavy atom. The molecule has 1 heterocycles. The predicted octanol–water partition coefficient (Wildman–Crippen LogP) is 7.05. The number of rotatable bonds is 8. The molecule has 5 aromatic rings. The lowest BCUT2D eigenvalue weighted by molar-refractivity contribution is 0.0640. The number of benzene rings is 4. The molecule has 0 aliphatic rings. The van der Waals surface area contributed by atoms with Crippen molar-refractivity contribution in [2.45, 2.75) is 46.2 Å². The van der Waals surface area contributed by atoms with E-state index in [1.807, 2.05) is 122 Å². The van der Waals surface area contributed by atoms with E-state index in [1.54, 1.807) is 4.57 Å². The first kappa shape index (κ1) is 26.1. The molecule has 196 valence electrons. The van der Waals surface area contributed by atoms with Gasteiger partial charge in [-0.1, -0.05) is 86.6 Å². The quantitative estimate of drug-likeness (QED) is 0.222. The van der Waals surface area contributed by atoms with E-state index in [0.29, 0.717) is 35.3 Å². The fourth-order valence-electron chi connectivity index (χ4n) is 5.12. The van der Waals surface area contributed by atoms with Crippen molar-refractivity contribution in [3.8, 4) is 5.69 Å². The van der Waals surface area contributed by atoms with Crippen molar-refractivity contribution >= 4 is 16.8 Å². The molecule has 0 aliphatic carbocycles. The van der Waals surface area contributed by atoms with Crippen LogP contribution in [0.2, 0.25) is 0 Å². The van der Waals surface area contributed by atoms with Crippen LogP contribution in [0, 0.1) is 6.92 Å². The second-order valence-corrected chi connectivity index (χ2v) is 9.81. The van der Waals surface area contributed by atoms with Crippen molar-refractivity contribution in [1.29, 1.82) is 0 Å². The minimum absolute atomic E-state index is 0.0842.